The molecule has 3 rings (SSSR count). The van der Waals surface area contributed by atoms with Gasteiger partial charge in [-0.05, 0) is 37.3 Å². The van der Waals surface area contributed by atoms with Crippen LogP contribution in [0.25, 0.3) is 0 Å². The number of hydrogen-bond acceptors (Lipinski definition) is 2. The highest BCUT2D eigenvalue weighted by atomic mass is 19.1. The summed E-state index contributed by atoms with van der Waals surface area (Å²) in [6, 6.07) is 6.61. The van der Waals surface area contributed by atoms with E-state index in [0.717, 1.165) is 30.5 Å². The number of aromatic amines is 1. The number of H-pyrrole nitrogens is 1. The number of carbonyl (C=O) groups excluding carboxylic acids is 1. The number of halogens is 1. The van der Waals surface area contributed by atoms with Gasteiger partial charge in [-0.1, -0.05) is 18.2 Å². The zero-order valence-electron chi connectivity index (χ0n) is 11.1. The van der Waals surface area contributed by atoms with Crippen molar-refractivity contribution in [2.75, 3.05) is 6.54 Å². The average molecular weight is 273 g/mol. The van der Waals surface area contributed by atoms with Crippen molar-refractivity contribution in [1.29, 1.82) is 0 Å². The van der Waals surface area contributed by atoms with Gasteiger partial charge in [0.25, 0.3) is 5.91 Å². The smallest absolute Gasteiger partial charge is 0.272 e. The van der Waals surface area contributed by atoms with Crippen LogP contribution < -0.4 is 5.32 Å². The van der Waals surface area contributed by atoms with E-state index in [2.05, 4.69) is 15.5 Å². The lowest BCUT2D eigenvalue weighted by Crippen LogP contribution is -2.27. The van der Waals surface area contributed by atoms with Gasteiger partial charge in [-0.15, -0.1) is 0 Å². The molecule has 4 nitrogen and oxygen atoms in total. The highest BCUT2D eigenvalue weighted by Crippen LogP contribution is 2.22. The molecular formula is C15H16FN3O. The van der Waals surface area contributed by atoms with Crippen LogP contribution in [0.5, 0.6) is 0 Å². The molecule has 2 aromatic rings. The lowest BCUT2D eigenvalue weighted by atomic mass is 10.1. The van der Waals surface area contributed by atoms with Crippen LogP contribution in [0.1, 0.15) is 33.7 Å². The molecule has 1 amide bonds. The fraction of sp³-hybridized carbons (Fsp3) is 0.333. The Balaban J connectivity index is 1.59. The number of rotatable bonds is 4. The van der Waals surface area contributed by atoms with Crippen molar-refractivity contribution in [1.82, 2.24) is 15.5 Å². The molecule has 0 aliphatic heterocycles. The van der Waals surface area contributed by atoms with E-state index in [4.69, 9.17) is 0 Å². The summed E-state index contributed by atoms with van der Waals surface area (Å²) < 4.78 is 13.4. The first-order valence-electron chi connectivity index (χ1n) is 6.83. The molecule has 1 aliphatic rings. The molecule has 0 spiro atoms. The second kappa shape index (κ2) is 5.45. The van der Waals surface area contributed by atoms with E-state index >= 15 is 0 Å². The lowest BCUT2D eigenvalue weighted by Gasteiger charge is -2.05. The zero-order valence-corrected chi connectivity index (χ0v) is 11.1. The summed E-state index contributed by atoms with van der Waals surface area (Å²) in [5.74, 6) is -0.414. The number of fused-ring (bicyclic) bond motifs is 1. The topological polar surface area (TPSA) is 57.8 Å². The summed E-state index contributed by atoms with van der Waals surface area (Å²) in [5.41, 5.74) is 3.21. The third-order valence-corrected chi connectivity index (χ3v) is 3.66. The second-order valence-electron chi connectivity index (χ2n) is 4.98. The predicted octanol–water partition coefficient (Wildman–Crippen LogP) is 2.01. The Morgan fingerprint density at radius 2 is 2.20 bits per heavy atom. The number of benzene rings is 1. The van der Waals surface area contributed by atoms with E-state index in [-0.39, 0.29) is 11.7 Å². The molecule has 2 N–H and O–H groups in total. The Morgan fingerprint density at radius 1 is 1.35 bits per heavy atom. The minimum Gasteiger partial charge on any atom is -0.350 e. The molecule has 0 saturated heterocycles. The largest absolute Gasteiger partial charge is 0.350 e. The van der Waals surface area contributed by atoms with Crippen LogP contribution in [0.2, 0.25) is 0 Å². The minimum atomic E-state index is -0.234. The maximum Gasteiger partial charge on any atom is 0.272 e. The summed E-state index contributed by atoms with van der Waals surface area (Å²) in [7, 11) is 0. The molecule has 0 bridgehead atoms. The van der Waals surface area contributed by atoms with Gasteiger partial charge in [0.1, 0.15) is 5.82 Å². The number of nitrogens with one attached hydrogen (secondary N) is 2. The molecule has 1 heterocycles. The molecule has 104 valence electrons. The monoisotopic (exact) mass is 273 g/mol. The Bertz CT molecular complexity index is 636. The van der Waals surface area contributed by atoms with Crippen LogP contribution in [0.3, 0.4) is 0 Å². The normalized spacial score (nSPS) is 13.2. The van der Waals surface area contributed by atoms with Crippen LogP contribution in [0.15, 0.2) is 24.3 Å². The Hall–Kier alpha value is -2.17. The van der Waals surface area contributed by atoms with Crippen molar-refractivity contribution in [2.24, 2.45) is 0 Å². The van der Waals surface area contributed by atoms with Gasteiger partial charge in [-0.3, -0.25) is 9.89 Å². The van der Waals surface area contributed by atoms with Gasteiger partial charge in [-0.2, -0.15) is 5.10 Å². The van der Waals surface area contributed by atoms with Gasteiger partial charge in [-0.25, -0.2) is 4.39 Å². The van der Waals surface area contributed by atoms with E-state index in [1.54, 1.807) is 18.2 Å². The maximum absolute atomic E-state index is 13.4. The Labute approximate surface area is 116 Å². The molecule has 1 aliphatic carbocycles. The SMILES string of the molecule is O=C(NCCc1ccccc1F)c1n[nH]c2c1CCC2. The average Bonchev–Trinajstić information content (AvgIpc) is 3.03. The van der Waals surface area contributed by atoms with Gasteiger partial charge >= 0.3 is 0 Å². The molecule has 0 fully saturated rings. The van der Waals surface area contributed by atoms with E-state index in [1.165, 1.54) is 6.07 Å². The number of carbonyl (C=O) groups is 1. The molecule has 0 saturated carbocycles. The van der Waals surface area contributed by atoms with Gasteiger partial charge in [0, 0.05) is 17.8 Å². The van der Waals surface area contributed by atoms with Crippen LogP contribution in [0.4, 0.5) is 4.39 Å². The summed E-state index contributed by atoms with van der Waals surface area (Å²) in [5, 5.41) is 9.79. The highest BCUT2D eigenvalue weighted by Gasteiger charge is 2.22. The van der Waals surface area contributed by atoms with Crippen molar-refractivity contribution < 1.29 is 9.18 Å². The number of nitrogens with zero attached hydrogens (tertiary/aromatic N) is 1. The van der Waals surface area contributed by atoms with Crippen LogP contribution in [0, 0.1) is 5.82 Å². The van der Waals surface area contributed by atoms with Crippen molar-refractivity contribution in [3.8, 4) is 0 Å². The molecule has 0 radical (unpaired) electrons. The standard InChI is InChI=1S/C15H16FN3O/c16-12-6-2-1-4-10(12)8-9-17-15(20)14-11-5-3-7-13(11)18-19-14/h1-2,4,6H,3,5,7-9H2,(H,17,20)(H,18,19). The second-order valence-corrected chi connectivity index (χ2v) is 4.98. The quantitative estimate of drug-likeness (QED) is 0.895. The lowest BCUT2D eigenvalue weighted by molar-refractivity contribution is 0.0948. The molecule has 1 aromatic carbocycles. The first-order chi connectivity index (χ1) is 9.75. The predicted molar refractivity (Wildman–Crippen MR) is 73.0 cm³/mol. The molecule has 20 heavy (non-hydrogen) atoms. The summed E-state index contributed by atoms with van der Waals surface area (Å²) in [6.07, 6.45) is 3.41. The van der Waals surface area contributed by atoms with E-state index in [0.29, 0.717) is 24.2 Å². The summed E-state index contributed by atoms with van der Waals surface area (Å²) >= 11 is 0. The van der Waals surface area contributed by atoms with Crippen LogP contribution in [-0.4, -0.2) is 22.6 Å². The van der Waals surface area contributed by atoms with Crippen molar-refractivity contribution >= 4 is 5.91 Å². The van der Waals surface area contributed by atoms with Gasteiger partial charge in [0.2, 0.25) is 0 Å². The Kier molecular flexibility index (Phi) is 3.50. The molecule has 5 heteroatoms. The van der Waals surface area contributed by atoms with Crippen molar-refractivity contribution in [2.45, 2.75) is 25.7 Å². The first-order valence-corrected chi connectivity index (χ1v) is 6.83. The molecule has 0 unspecified atom stereocenters. The fourth-order valence-electron chi connectivity index (χ4n) is 2.60. The first kappa shape index (κ1) is 12.8. The Morgan fingerprint density at radius 3 is 3.05 bits per heavy atom. The number of hydrogen-bond donors (Lipinski definition) is 2. The van der Waals surface area contributed by atoms with Gasteiger partial charge < -0.3 is 5.32 Å². The van der Waals surface area contributed by atoms with E-state index < -0.39 is 0 Å². The number of aromatic nitrogens is 2. The molecule has 1 aromatic heterocycles. The third kappa shape index (κ3) is 2.43. The van der Waals surface area contributed by atoms with Crippen LogP contribution in [-0.2, 0) is 19.3 Å². The van der Waals surface area contributed by atoms with E-state index in [9.17, 15) is 9.18 Å². The number of aryl methyl sites for hydroxylation is 1. The van der Waals surface area contributed by atoms with E-state index in [1.807, 2.05) is 0 Å². The van der Waals surface area contributed by atoms with Crippen molar-refractivity contribution in [3.05, 3.63) is 52.6 Å². The third-order valence-electron chi connectivity index (χ3n) is 3.66. The highest BCUT2D eigenvalue weighted by molar-refractivity contribution is 5.94. The zero-order chi connectivity index (χ0) is 13.9. The fourth-order valence-corrected chi connectivity index (χ4v) is 2.60. The summed E-state index contributed by atoms with van der Waals surface area (Å²) in [4.78, 5) is 12.1. The van der Waals surface area contributed by atoms with Crippen LogP contribution >= 0.6 is 0 Å². The summed E-state index contributed by atoms with van der Waals surface area (Å²) in [6.45, 7) is 0.404. The van der Waals surface area contributed by atoms with Gasteiger partial charge in [0.15, 0.2) is 5.69 Å². The van der Waals surface area contributed by atoms with Gasteiger partial charge in [0.05, 0.1) is 0 Å². The molecule has 0 atom stereocenters. The molecular weight excluding hydrogens is 257 g/mol. The maximum atomic E-state index is 13.4. The number of amides is 1. The van der Waals surface area contributed by atoms with Crippen molar-refractivity contribution in [3.63, 3.8) is 0 Å². The minimum absolute atomic E-state index is 0.180.